The van der Waals surface area contributed by atoms with Crippen LogP contribution in [0.5, 0.6) is 5.75 Å². The van der Waals surface area contributed by atoms with Gasteiger partial charge in [-0.3, -0.25) is 9.59 Å². The standard InChI is InChI=1S/C19H19FN2O3/c1-12-19(24)22-16-10-13(6-7-17(16)25-12)11-18(23)21-9-8-14-4-2-3-5-15(14)20/h2-7,10,12H,8-9,11H2,1H3,(H,21,23)(H,22,24). The summed E-state index contributed by atoms with van der Waals surface area (Å²) < 4.78 is 19.0. The lowest BCUT2D eigenvalue weighted by molar-refractivity contribution is -0.122. The Hall–Kier alpha value is -2.89. The van der Waals surface area contributed by atoms with E-state index in [-0.39, 0.29) is 24.1 Å². The molecule has 0 radical (unpaired) electrons. The SMILES string of the molecule is CC1Oc2ccc(CC(=O)NCCc3ccccc3F)cc2NC1=O. The fraction of sp³-hybridized carbons (Fsp3) is 0.263. The first-order valence-electron chi connectivity index (χ1n) is 8.13. The molecule has 5 nitrogen and oxygen atoms in total. The van der Waals surface area contributed by atoms with E-state index < -0.39 is 6.10 Å². The van der Waals surface area contributed by atoms with Gasteiger partial charge in [0.1, 0.15) is 11.6 Å². The molecule has 0 aromatic heterocycles. The highest BCUT2D eigenvalue weighted by molar-refractivity contribution is 5.97. The zero-order valence-corrected chi connectivity index (χ0v) is 13.8. The summed E-state index contributed by atoms with van der Waals surface area (Å²) in [5.41, 5.74) is 1.91. The summed E-state index contributed by atoms with van der Waals surface area (Å²) in [6.07, 6.45) is 0.0837. The zero-order chi connectivity index (χ0) is 17.8. The van der Waals surface area contributed by atoms with Crippen LogP contribution in [-0.4, -0.2) is 24.5 Å². The molecule has 1 atom stereocenters. The average Bonchev–Trinajstić information content (AvgIpc) is 2.58. The maximum Gasteiger partial charge on any atom is 0.265 e. The highest BCUT2D eigenvalue weighted by Crippen LogP contribution is 2.30. The van der Waals surface area contributed by atoms with Crippen molar-refractivity contribution in [1.82, 2.24) is 5.32 Å². The van der Waals surface area contributed by atoms with E-state index in [1.807, 2.05) is 0 Å². The molecule has 1 aliphatic heterocycles. The van der Waals surface area contributed by atoms with Crippen LogP contribution in [0.15, 0.2) is 42.5 Å². The second kappa shape index (κ2) is 7.34. The van der Waals surface area contributed by atoms with E-state index in [1.54, 1.807) is 43.3 Å². The van der Waals surface area contributed by atoms with Crippen LogP contribution in [0.4, 0.5) is 10.1 Å². The van der Waals surface area contributed by atoms with Crippen LogP contribution < -0.4 is 15.4 Å². The summed E-state index contributed by atoms with van der Waals surface area (Å²) in [5, 5.41) is 5.54. The number of benzene rings is 2. The molecule has 0 saturated carbocycles. The summed E-state index contributed by atoms with van der Waals surface area (Å²) in [4.78, 5) is 23.7. The highest BCUT2D eigenvalue weighted by atomic mass is 19.1. The maximum absolute atomic E-state index is 13.5. The van der Waals surface area contributed by atoms with Gasteiger partial charge in [0.2, 0.25) is 5.91 Å². The minimum Gasteiger partial charge on any atom is -0.479 e. The predicted molar refractivity (Wildman–Crippen MR) is 92.0 cm³/mol. The molecule has 130 valence electrons. The second-order valence-corrected chi connectivity index (χ2v) is 5.95. The Kier molecular flexibility index (Phi) is 4.97. The Morgan fingerprint density at radius 1 is 1.28 bits per heavy atom. The van der Waals surface area contributed by atoms with Crippen molar-refractivity contribution in [2.24, 2.45) is 0 Å². The molecule has 6 heteroatoms. The molecular formula is C19H19FN2O3. The summed E-state index contributed by atoms with van der Waals surface area (Å²) in [6.45, 7) is 2.04. The quantitative estimate of drug-likeness (QED) is 0.877. The maximum atomic E-state index is 13.5. The van der Waals surface area contributed by atoms with E-state index in [4.69, 9.17) is 4.74 Å². The number of amides is 2. The Morgan fingerprint density at radius 3 is 2.88 bits per heavy atom. The number of hydrogen-bond acceptors (Lipinski definition) is 3. The van der Waals surface area contributed by atoms with Gasteiger partial charge in [-0.1, -0.05) is 24.3 Å². The topological polar surface area (TPSA) is 67.4 Å². The minimum atomic E-state index is -0.528. The van der Waals surface area contributed by atoms with Gasteiger partial charge in [-0.2, -0.15) is 0 Å². The van der Waals surface area contributed by atoms with Crippen molar-refractivity contribution in [3.63, 3.8) is 0 Å². The van der Waals surface area contributed by atoms with Crippen LogP contribution in [0.2, 0.25) is 0 Å². The predicted octanol–water partition coefficient (Wildman–Crippen LogP) is 2.45. The van der Waals surface area contributed by atoms with Crippen molar-refractivity contribution < 1.29 is 18.7 Å². The fourth-order valence-electron chi connectivity index (χ4n) is 2.65. The first-order chi connectivity index (χ1) is 12.0. The van der Waals surface area contributed by atoms with Crippen molar-refractivity contribution in [2.75, 3.05) is 11.9 Å². The number of nitrogens with one attached hydrogen (secondary N) is 2. The summed E-state index contributed by atoms with van der Waals surface area (Å²) >= 11 is 0. The van der Waals surface area contributed by atoms with Gasteiger partial charge in [-0.25, -0.2) is 4.39 Å². The van der Waals surface area contributed by atoms with Crippen LogP contribution in [0.25, 0.3) is 0 Å². The summed E-state index contributed by atoms with van der Waals surface area (Å²) in [6, 6.07) is 11.8. The molecule has 2 N–H and O–H groups in total. The molecule has 1 unspecified atom stereocenters. The molecule has 2 aromatic rings. The van der Waals surface area contributed by atoms with Crippen LogP contribution in [-0.2, 0) is 22.4 Å². The lowest BCUT2D eigenvalue weighted by Gasteiger charge is -2.23. The van der Waals surface area contributed by atoms with Crippen LogP contribution >= 0.6 is 0 Å². The molecule has 3 rings (SSSR count). The molecule has 1 aliphatic rings. The highest BCUT2D eigenvalue weighted by Gasteiger charge is 2.23. The van der Waals surface area contributed by atoms with E-state index >= 15 is 0 Å². The van der Waals surface area contributed by atoms with Crippen molar-refractivity contribution in [1.29, 1.82) is 0 Å². The van der Waals surface area contributed by atoms with Crippen molar-refractivity contribution in [2.45, 2.75) is 25.9 Å². The van der Waals surface area contributed by atoms with Crippen molar-refractivity contribution in [3.05, 3.63) is 59.4 Å². The van der Waals surface area contributed by atoms with Crippen molar-refractivity contribution in [3.8, 4) is 5.75 Å². The normalized spacial score (nSPS) is 15.8. The molecule has 2 amide bonds. The van der Waals surface area contributed by atoms with Crippen molar-refractivity contribution >= 4 is 17.5 Å². The summed E-state index contributed by atoms with van der Waals surface area (Å²) in [7, 11) is 0. The van der Waals surface area contributed by atoms with Gasteiger partial charge < -0.3 is 15.4 Å². The summed E-state index contributed by atoms with van der Waals surface area (Å²) in [5.74, 6) is -0.0427. The lowest BCUT2D eigenvalue weighted by Crippen LogP contribution is -2.34. The monoisotopic (exact) mass is 342 g/mol. The third kappa shape index (κ3) is 4.15. The van der Waals surface area contributed by atoms with E-state index in [9.17, 15) is 14.0 Å². The zero-order valence-electron chi connectivity index (χ0n) is 13.8. The minimum absolute atomic E-state index is 0.160. The number of ether oxygens (including phenoxy) is 1. The van der Waals surface area contributed by atoms with Gasteiger partial charge in [0.15, 0.2) is 6.10 Å². The van der Waals surface area contributed by atoms with Gasteiger partial charge in [0, 0.05) is 6.54 Å². The van der Waals surface area contributed by atoms with Crippen LogP contribution in [0, 0.1) is 5.82 Å². The molecule has 0 aliphatic carbocycles. The van der Waals surface area contributed by atoms with Gasteiger partial charge in [0.25, 0.3) is 5.91 Å². The Balaban J connectivity index is 1.54. The van der Waals surface area contributed by atoms with E-state index in [2.05, 4.69) is 10.6 Å². The van der Waals surface area contributed by atoms with E-state index in [1.165, 1.54) is 6.07 Å². The number of carbonyl (C=O) groups excluding carboxylic acids is 2. The third-order valence-corrected chi connectivity index (χ3v) is 4.01. The molecule has 1 heterocycles. The average molecular weight is 342 g/mol. The van der Waals surface area contributed by atoms with Gasteiger partial charge in [-0.15, -0.1) is 0 Å². The number of anilines is 1. The first kappa shape index (κ1) is 17.0. The second-order valence-electron chi connectivity index (χ2n) is 5.95. The lowest BCUT2D eigenvalue weighted by atomic mass is 10.1. The van der Waals surface area contributed by atoms with Gasteiger partial charge in [-0.05, 0) is 42.7 Å². The molecule has 25 heavy (non-hydrogen) atoms. The molecule has 0 fully saturated rings. The largest absolute Gasteiger partial charge is 0.479 e. The molecule has 0 bridgehead atoms. The first-order valence-corrected chi connectivity index (χ1v) is 8.13. The smallest absolute Gasteiger partial charge is 0.265 e. The molecular weight excluding hydrogens is 323 g/mol. The Bertz CT molecular complexity index is 807. The van der Waals surface area contributed by atoms with Gasteiger partial charge in [0.05, 0.1) is 12.1 Å². The van der Waals surface area contributed by atoms with Crippen LogP contribution in [0.3, 0.4) is 0 Å². The van der Waals surface area contributed by atoms with Gasteiger partial charge >= 0.3 is 0 Å². The number of halogens is 1. The number of rotatable bonds is 5. The number of fused-ring (bicyclic) bond motifs is 1. The Morgan fingerprint density at radius 2 is 2.08 bits per heavy atom. The molecule has 2 aromatic carbocycles. The number of hydrogen-bond donors (Lipinski definition) is 2. The molecule has 0 spiro atoms. The molecule has 0 saturated heterocycles. The number of carbonyl (C=O) groups is 2. The fourth-order valence-corrected chi connectivity index (χ4v) is 2.65. The third-order valence-electron chi connectivity index (χ3n) is 4.01. The Labute approximate surface area is 145 Å². The van der Waals surface area contributed by atoms with Crippen LogP contribution in [0.1, 0.15) is 18.1 Å². The van der Waals surface area contributed by atoms with E-state index in [0.717, 1.165) is 5.56 Å². The van der Waals surface area contributed by atoms with E-state index in [0.29, 0.717) is 30.0 Å².